The summed E-state index contributed by atoms with van der Waals surface area (Å²) in [7, 11) is 0. The summed E-state index contributed by atoms with van der Waals surface area (Å²) in [6.45, 7) is 4.16. The van der Waals surface area contributed by atoms with Crippen LogP contribution < -0.4 is 0 Å². The average Bonchev–Trinajstić information content (AvgIpc) is 3.20. The van der Waals surface area contributed by atoms with E-state index in [0.717, 1.165) is 44.2 Å². The molecule has 1 amide bonds. The first-order valence-electron chi connectivity index (χ1n) is 9.08. The van der Waals surface area contributed by atoms with E-state index >= 15 is 0 Å². The highest BCUT2D eigenvalue weighted by atomic mass is 16.5. The Morgan fingerprint density at radius 1 is 1.33 bits per heavy atom. The normalized spacial score (nSPS) is 26.6. The Morgan fingerprint density at radius 3 is 2.71 bits per heavy atom. The summed E-state index contributed by atoms with van der Waals surface area (Å²) in [6.07, 6.45) is 6.48. The monoisotopic (exact) mass is 334 g/mol. The van der Waals surface area contributed by atoms with Crippen LogP contribution in [-0.2, 0) is 4.79 Å². The predicted molar refractivity (Wildman–Crippen MR) is 87.8 cm³/mol. The Labute approximate surface area is 142 Å². The third-order valence-corrected chi connectivity index (χ3v) is 5.75. The van der Waals surface area contributed by atoms with Gasteiger partial charge in [-0.3, -0.25) is 4.79 Å². The van der Waals surface area contributed by atoms with Crippen LogP contribution in [0.4, 0.5) is 0 Å². The molecule has 132 valence electrons. The fourth-order valence-electron chi connectivity index (χ4n) is 4.39. The van der Waals surface area contributed by atoms with Gasteiger partial charge in [-0.05, 0) is 38.0 Å². The molecule has 2 aliphatic rings. The summed E-state index contributed by atoms with van der Waals surface area (Å²) in [4.78, 5) is 26.2. The zero-order chi connectivity index (χ0) is 17.3. The number of fused-ring (bicyclic) bond motifs is 1. The molecule has 0 bridgehead atoms. The first-order chi connectivity index (χ1) is 11.6. The lowest BCUT2D eigenvalue weighted by molar-refractivity contribution is -0.141. The number of carboxylic acids is 1. The number of carboxylic acid groups (broad SMARTS) is 1. The molecule has 1 N–H and O–H groups in total. The molecular formula is C18H26N2O4. The number of rotatable bonds is 5. The van der Waals surface area contributed by atoms with Gasteiger partial charge in [-0.2, -0.15) is 0 Å². The van der Waals surface area contributed by atoms with Gasteiger partial charge >= 0.3 is 5.97 Å². The predicted octanol–water partition coefficient (Wildman–Crippen LogP) is 3.44. The Balaban J connectivity index is 1.85. The lowest BCUT2D eigenvalue weighted by Gasteiger charge is -2.32. The Kier molecular flexibility index (Phi) is 4.92. The molecule has 3 unspecified atom stereocenters. The second kappa shape index (κ2) is 6.95. The van der Waals surface area contributed by atoms with Gasteiger partial charge < -0.3 is 14.5 Å². The van der Waals surface area contributed by atoms with Gasteiger partial charge in [-0.15, -0.1) is 0 Å². The minimum absolute atomic E-state index is 0.0223. The lowest BCUT2D eigenvalue weighted by atomic mass is 9.84. The van der Waals surface area contributed by atoms with Gasteiger partial charge in [0.05, 0.1) is 5.69 Å². The summed E-state index contributed by atoms with van der Waals surface area (Å²) >= 11 is 0. The van der Waals surface area contributed by atoms with E-state index in [9.17, 15) is 14.7 Å². The molecule has 2 heterocycles. The number of nitrogens with zero attached hydrogens (tertiary/aromatic N) is 2. The quantitative estimate of drug-likeness (QED) is 0.892. The summed E-state index contributed by atoms with van der Waals surface area (Å²) in [6, 6.07) is 0.982. The van der Waals surface area contributed by atoms with Crippen molar-refractivity contribution in [3.8, 4) is 0 Å². The van der Waals surface area contributed by atoms with Crippen LogP contribution in [0.3, 0.4) is 0 Å². The number of hydrogen-bond acceptors (Lipinski definition) is 4. The Morgan fingerprint density at radius 2 is 2.04 bits per heavy atom. The van der Waals surface area contributed by atoms with E-state index in [2.05, 4.69) is 19.0 Å². The fraction of sp³-hybridized carbons (Fsp3) is 0.722. The Hall–Kier alpha value is -1.85. The van der Waals surface area contributed by atoms with Gasteiger partial charge in [0.1, 0.15) is 6.04 Å². The van der Waals surface area contributed by atoms with Crippen molar-refractivity contribution >= 4 is 11.9 Å². The van der Waals surface area contributed by atoms with Gasteiger partial charge in [0.25, 0.3) is 5.91 Å². The summed E-state index contributed by atoms with van der Waals surface area (Å²) in [5, 5.41) is 13.6. The van der Waals surface area contributed by atoms with Crippen LogP contribution in [0.5, 0.6) is 0 Å². The zero-order valence-electron chi connectivity index (χ0n) is 14.4. The van der Waals surface area contributed by atoms with Crippen molar-refractivity contribution in [2.75, 3.05) is 0 Å². The molecule has 6 nitrogen and oxygen atoms in total. The van der Waals surface area contributed by atoms with Crippen LogP contribution in [0.25, 0.3) is 0 Å². The van der Waals surface area contributed by atoms with Crippen LogP contribution in [0.15, 0.2) is 10.6 Å². The molecule has 3 atom stereocenters. The van der Waals surface area contributed by atoms with Crippen LogP contribution in [0.1, 0.15) is 81.0 Å². The van der Waals surface area contributed by atoms with Crippen LogP contribution in [0.2, 0.25) is 0 Å². The van der Waals surface area contributed by atoms with Gasteiger partial charge in [-0.1, -0.05) is 31.8 Å². The molecule has 6 heteroatoms. The van der Waals surface area contributed by atoms with Crippen molar-refractivity contribution in [1.29, 1.82) is 0 Å². The summed E-state index contributed by atoms with van der Waals surface area (Å²) < 4.78 is 5.30. The molecule has 1 saturated carbocycles. The maximum absolute atomic E-state index is 13.0. The van der Waals surface area contributed by atoms with Crippen molar-refractivity contribution in [2.45, 2.75) is 76.8 Å². The molecular weight excluding hydrogens is 308 g/mol. The van der Waals surface area contributed by atoms with Crippen LogP contribution >= 0.6 is 0 Å². The van der Waals surface area contributed by atoms with Crippen molar-refractivity contribution in [1.82, 2.24) is 10.1 Å². The van der Waals surface area contributed by atoms with Crippen LogP contribution in [0, 0.1) is 5.92 Å². The number of carbonyl (C=O) groups excluding carboxylic acids is 1. The largest absolute Gasteiger partial charge is 0.480 e. The van der Waals surface area contributed by atoms with E-state index in [1.54, 1.807) is 11.0 Å². The van der Waals surface area contributed by atoms with Gasteiger partial charge in [0.2, 0.25) is 5.76 Å². The van der Waals surface area contributed by atoms with Crippen molar-refractivity contribution in [2.24, 2.45) is 5.92 Å². The molecule has 1 aromatic rings. The topological polar surface area (TPSA) is 83.6 Å². The van der Waals surface area contributed by atoms with Crippen molar-refractivity contribution < 1.29 is 19.2 Å². The number of amides is 1. The van der Waals surface area contributed by atoms with Crippen molar-refractivity contribution in [3.63, 3.8) is 0 Å². The lowest BCUT2D eigenvalue weighted by Crippen LogP contribution is -2.46. The molecule has 24 heavy (non-hydrogen) atoms. The maximum atomic E-state index is 13.0. The second-order valence-electron chi connectivity index (χ2n) is 7.04. The molecule has 1 saturated heterocycles. The number of hydrogen-bond donors (Lipinski definition) is 1. The average molecular weight is 334 g/mol. The minimum Gasteiger partial charge on any atom is -0.480 e. The first-order valence-corrected chi connectivity index (χ1v) is 9.08. The molecule has 2 fully saturated rings. The van der Waals surface area contributed by atoms with E-state index in [0.29, 0.717) is 12.3 Å². The Bertz CT molecular complexity index is 608. The molecule has 1 aromatic heterocycles. The number of aromatic nitrogens is 1. The van der Waals surface area contributed by atoms with E-state index in [1.807, 2.05) is 0 Å². The van der Waals surface area contributed by atoms with Gasteiger partial charge in [-0.25, -0.2) is 4.79 Å². The third-order valence-electron chi connectivity index (χ3n) is 5.75. The standard InChI is InChI=1S/C18H26N2O4/c1-3-11(4-2)13-10-16(24-19-13)17(21)20-14-8-6-5-7-12(14)9-15(20)18(22)23/h10-12,14-15H,3-9H2,1-2H3,(H,22,23). The first kappa shape index (κ1) is 17.0. The van der Waals surface area contributed by atoms with E-state index in [4.69, 9.17) is 4.52 Å². The minimum atomic E-state index is -0.919. The number of aliphatic carboxylic acids is 1. The van der Waals surface area contributed by atoms with Crippen LogP contribution in [-0.4, -0.2) is 39.1 Å². The molecule has 1 aliphatic heterocycles. The summed E-state index contributed by atoms with van der Waals surface area (Å²) in [5.41, 5.74) is 0.787. The zero-order valence-corrected chi connectivity index (χ0v) is 14.4. The smallest absolute Gasteiger partial charge is 0.326 e. The van der Waals surface area contributed by atoms with Gasteiger partial charge in [0.15, 0.2) is 0 Å². The highest BCUT2D eigenvalue weighted by molar-refractivity contribution is 5.95. The molecule has 3 rings (SSSR count). The molecule has 0 spiro atoms. The number of carbonyl (C=O) groups is 2. The molecule has 0 aromatic carbocycles. The SMILES string of the molecule is CCC(CC)c1cc(C(=O)N2C(C(=O)O)CC3CCCCC32)on1. The molecule has 0 radical (unpaired) electrons. The fourth-order valence-corrected chi connectivity index (χ4v) is 4.39. The van der Waals surface area contributed by atoms with E-state index in [1.165, 1.54) is 0 Å². The van der Waals surface area contributed by atoms with Crippen molar-refractivity contribution in [3.05, 3.63) is 17.5 Å². The van der Waals surface area contributed by atoms with Gasteiger partial charge in [0, 0.05) is 18.0 Å². The highest BCUT2D eigenvalue weighted by Crippen LogP contribution is 2.40. The second-order valence-corrected chi connectivity index (χ2v) is 7.04. The molecule has 1 aliphatic carbocycles. The number of likely N-dealkylation sites (tertiary alicyclic amines) is 1. The summed E-state index contributed by atoms with van der Waals surface area (Å²) in [5.74, 6) is -0.495. The van der Waals surface area contributed by atoms with E-state index < -0.39 is 12.0 Å². The maximum Gasteiger partial charge on any atom is 0.326 e. The van der Waals surface area contributed by atoms with E-state index in [-0.39, 0.29) is 23.6 Å². The highest BCUT2D eigenvalue weighted by Gasteiger charge is 2.48. The third kappa shape index (κ3) is 2.94.